The number of thiophene rings is 1. The van der Waals surface area contributed by atoms with Gasteiger partial charge in [0.25, 0.3) is 5.91 Å². The molecule has 0 saturated carbocycles. The minimum Gasteiger partial charge on any atom is -0.497 e. The molecule has 4 rings (SSSR count). The summed E-state index contributed by atoms with van der Waals surface area (Å²) in [6, 6.07) is 11.3. The molecule has 9 nitrogen and oxygen atoms in total. The van der Waals surface area contributed by atoms with Gasteiger partial charge >= 0.3 is 6.03 Å². The van der Waals surface area contributed by atoms with E-state index < -0.39 is 0 Å². The minimum atomic E-state index is -0.236. The number of hydrogen-bond acceptors (Lipinski definition) is 7. The molecule has 3 amide bonds. The van der Waals surface area contributed by atoms with Crippen molar-refractivity contribution in [2.75, 3.05) is 59.6 Å². The molecule has 1 aromatic heterocycles. The molecule has 1 N–H and O–H groups in total. The molecule has 1 unspecified atom stereocenters. The summed E-state index contributed by atoms with van der Waals surface area (Å²) < 4.78 is 10.7. The van der Waals surface area contributed by atoms with Crippen LogP contribution in [0.5, 0.6) is 5.75 Å². The highest BCUT2D eigenvalue weighted by atomic mass is 32.1. The Morgan fingerprint density at radius 1 is 1.22 bits per heavy atom. The van der Waals surface area contributed by atoms with Crippen LogP contribution in [0.25, 0.3) is 0 Å². The van der Waals surface area contributed by atoms with Gasteiger partial charge in [-0.3, -0.25) is 9.69 Å². The van der Waals surface area contributed by atoms with Crippen LogP contribution in [0.1, 0.15) is 36.2 Å². The molecule has 10 heteroatoms. The van der Waals surface area contributed by atoms with Gasteiger partial charge in [-0.1, -0.05) is 25.1 Å². The summed E-state index contributed by atoms with van der Waals surface area (Å²) in [5.74, 6) is 0.562. The number of hydrogen-bond donors (Lipinski definition) is 1. The fourth-order valence-electron chi connectivity index (χ4n) is 4.34. The van der Waals surface area contributed by atoms with Crippen LogP contribution >= 0.6 is 11.3 Å². The summed E-state index contributed by atoms with van der Waals surface area (Å²) >= 11 is 1.61. The molecule has 36 heavy (non-hydrogen) atoms. The largest absolute Gasteiger partial charge is 0.497 e. The zero-order valence-electron chi connectivity index (χ0n) is 21.0. The monoisotopic (exact) mass is 513 g/mol. The predicted molar refractivity (Wildman–Crippen MR) is 141 cm³/mol. The third-order valence-electron chi connectivity index (χ3n) is 6.40. The van der Waals surface area contributed by atoms with Gasteiger partial charge in [-0.2, -0.15) is 5.10 Å². The lowest BCUT2D eigenvalue weighted by Gasteiger charge is -2.31. The Morgan fingerprint density at radius 3 is 2.67 bits per heavy atom. The Kier molecular flexibility index (Phi) is 9.32. The standard InChI is InChI=1S/C26H35N5O4S/c1-3-10-27-26(33)30(12-11-29-13-15-35-16-14-29)19-25(32)31-23(20-6-8-21(34-2)9-7-20)18-22(28-31)24-5-4-17-36-24/h4-9,17,23H,3,10-16,18-19H2,1-2H3,(H,27,33). The minimum absolute atomic E-state index is 0.0340. The first-order valence-corrected chi connectivity index (χ1v) is 13.4. The van der Waals surface area contributed by atoms with E-state index in [4.69, 9.17) is 14.6 Å². The van der Waals surface area contributed by atoms with Gasteiger partial charge in [-0.05, 0) is 35.6 Å². The normalized spacial score (nSPS) is 18.1. The molecule has 2 aliphatic heterocycles. The van der Waals surface area contributed by atoms with Gasteiger partial charge in [0.2, 0.25) is 0 Å². The second-order valence-electron chi connectivity index (χ2n) is 8.86. The lowest BCUT2D eigenvalue weighted by molar-refractivity contribution is -0.133. The molecule has 2 aromatic rings. The summed E-state index contributed by atoms with van der Waals surface area (Å²) in [6.45, 7) is 6.75. The second kappa shape index (κ2) is 12.8. The van der Waals surface area contributed by atoms with Gasteiger partial charge in [0.05, 0.1) is 37.0 Å². The topological polar surface area (TPSA) is 86.7 Å². The van der Waals surface area contributed by atoms with Crippen LogP contribution < -0.4 is 10.1 Å². The number of rotatable bonds is 10. The number of methoxy groups -OCH3 is 1. The van der Waals surface area contributed by atoms with Crippen molar-refractivity contribution in [2.24, 2.45) is 5.10 Å². The Labute approximate surface area is 216 Å². The zero-order valence-corrected chi connectivity index (χ0v) is 21.8. The molecule has 1 atom stereocenters. The molecule has 2 aliphatic rings. The first-order chi connectivity index (χ1) is 17.6. The number of carbonyl (C=O) groups excluding carboxylic acids is 2. The molecule has 1 aromatic carbocycles. The molecule has 0 bridgehead atoms. The van der Waals surface area contributed by atoms with E-state index in [0.717, 1.165) is 41.4 Å². The van der Waals surface area contributed by atoms with Crippen LogP contribution in [0.15, 0.2) is 46.9 Å². The molecule has 3 heterocycles. The van der Waals surface area contributed by atoms with Gasteiger partial charge in [-0.25, -0.2) is 9.80 Å². The van der Waals surface area contributed by atoms with E-state index >= 15 is 0 Å². The quantitative estimate of drug-likeness (QED) is 0.527. The Hall–Kier alpha value is -2.95. The SMILES string of the molecule is CCCNC(=O)N(CCN1CCOCC1)CC(=O)N1N=C(c2cccs2)CC1c1ccc(OC)cc1. The molecular weight excluding hydrogens is 478 g/mol. The lowest BCUT2D eigenvalue weighted by atomic mass is 10.0. The van der Waals surface area contributed by atoms with Gasteiger partial charge < -0.3 is 19.7 Å². The fourth-order valence-corrected chi connectivity index (χ4v) is 5.06. The summed E-state index contributed by atoms with van der Waals surface area (Å²) in [5, 5.41) is 11.2. The van der Waals surface area contributed by atoms with Crippen molar-refractivity contribution in [1.82, 2.24) is 20.1 Å². The maximum Gasteiger partial charge on any atom is 0.317 e. The number of urea groups is 1. The van der Waals surface area contributed by atoms with E-state index in [2.05, 4.69) is 10.2 Å². The second-order valence-corrected chi connectivity index (χ2v) is 9.81. The van der Waals surface area contributed by atoms with E-state index in [1.807, 2.05) is 48.7 Å². The number of ether oxygens (including phenoxy) is 2. The van der Waals surface area contributed by atoms with Crippen molar-refractivity contribution in [3.8, 4) is 5.75 Å². The zero-order chi connectivity index (χ0) is 25.3. The van der Waals surface area contributed by atoms with E-state index in [-0.39, 0.29) is 24.5 Å². The van der Waals surface area contributed by atoms with Gasteiger partial charge in [0, 0.05) is 39.1 Å². The van der Waals surface area contributed by atoms with Gasteiger partial charge in [0.15, 0.2) is 0 Å². The smallest absolute Gasteiger partial charge is 0.317 e. The highest BCUT2D eigenvalue weighted by molar-refractivity contribution is 7.12. The molecule has 194 valence electrons. The highest BCUT2D eigenvalue weighted by Crippen LogP contribution is 2.34. The number of hydrazone groups is 1. The van der Waals surface area contributed by atoms with Crippen molar-refractivity contribution in [2.45, 2.75) is 25.8 Å². The maximum atomic E-state index is 13.6. The van der Waals surface area contributed by atoms with Crippen molar-refractivity contribution < 1.29 is 19.1 Å². The van der Waals surface area contributed by atoms with E-state index in [0.29, 0.717) is 39.3 Å². The number of nitrogens with zero attached hydrogens (tertiary/aromatic N) is 4. The van der Waals surface area contributed by atoms with Crippen LogP contribution in [0.4, 0.5) is 4.79 Å². The van der Waals surface area contributed by atoms with Crippen molar-refractivity contribution in [3.05, 3.63) is 52.2 Å². The average Bonchev–Trinajstić information content (AvgIpc) is 3.61. The Balaban J connectivity index is 1.51. The van der Waals surface area contributed by atoms with Crippen molar-refractivity contribution >= 4 is 29.0 Å². The summed E-state index contributed by atoms with van der Waals surface area (Å²) in [5.41, 5.74) is 1.87. The van der Waals surface area contributed by atoms with Gasteiger partial charge in [0.1, 0.15) is 12.3 Å². The first kappa shape index (κ1) is 26.1. The molecule has 0 aliphatic carbocycles. The van der Waals surface area contributed by atoms with E-state index in [1.54, 1.807) is 28.4 Å². The number of nitrogens with one attached hydrogen (secondary N) is 1. The van der Waals surface area contributed by atoms with Crippen LogP contribution in [-0.2, 0) is 9.53 Å². The predicted octanol–water partition coefficient (Wildman–Crippen LogP) is 3.19. The molecule has 0 spiro atoms. The fraction of sp³-hybridized carbons (Fsp3) is 0.500. The average molecular weight is 514 g/mol. The van der Waals surface area contributed by atoms with Crippen molar-refractivity contribution in [3.63, 3.8) is 0 Å². The van der Waals surface area contributed by atoms with E-state index in [1.165, 1.54) is 0 Å². The van der Waals surface area contributed by atoms with Crippen LogP contribution in [-0.4, -0.2) is 92.1 Å². The summed E-state index contributed by atoms with van der Waals surface area (Å²) in [7, 11) is 1.63. The van der Waals surface area contributed by atoms with Gasteiger partial charge in [-0.15, -0.1) is 11.3 Å². The van der Waals surface area contributed by atoms with Crippen LogP contribution in [0, 0.1) is 0 Å². The lowest BCUT2D eigenvalue weighted by Crippen LogP contribution is -2.49. The van der Waals surface area contributed by atoms with Crippen LogP contribution in [0.2, 0.25) is 0 Å². The van der Waals surface area contributed by atoms with E-state index in [9.17, 15) is 9.59 Å². The number of carbonyl (C=O) groups is 2. The third kappa shape index (κ3) is 6.63. The number of morpholine rings is 1. The first-order valence-electron chi connectivity index (χ1n) is 12.5. The molecule has 1 saturated heterocycles. The summed E-state index contributed by atoms with van der Waals surface area (Å²) in [4.78, 5) is 31.5. The molecule has 0 radical (unpaired) electrons. The molecular formula is C26H35N5O4S. The summed E-state index contributed by atoms with van der Waals surface area (Å²) in [6.07, 6.45) is 1.45. The molecule has 1 fully saturated rings. The van der Waals surface area contributed by atoms with Crippen molar-refractivity contribution in [1.29, 1.82) is 0 Å². The maximum absolute atomic E-state index is 13.6. The van der Waals surface area contributed by atoms with Crippen LogP contribution in [0.3, 0.4) is 0 Å². The third-order valence-corrected chi connectivity index (χ3v) is 7.32. The number of benzene rings is 1. The Morgan fingerprint density at radius 2 is 2.00 bits per heavy atom. The highest BCUT2D eigenvalue weighted by Gasteiger charge is 2.34. The number of amides is 3. The Bertz CT molecular complexity index is 1020.